The van der Waals surface area contributed by atoms with Gasteiger partial charge in [-0.2, -0.15) is 0 Å². The van der Waals surface area contributed by atoms with Gasteiger partial charge in [-0.1, -0.05) is 0 Å². The first-order valence-corrected chi connectivity index (χ1v) is 8.32. The molecule has 0 radical (unpaired) electrons. The van der Waals surface area contributed by atoms with Gasteiger partial charge in [-0.15, -0.1) is 0 Å². The number of fused-ring (bicyclic) bond motifs is 1. The van der Waals surface area contributed by atoms with E-state index in [4.69, 9.17) is 15.2 Å². The predicted molar refractivity (Wildman–Crippen MR) is 96.2 cm³/mol. The summed E-state index contributed by atoms with van der Waals surface area (Å²) in [6, 6.07) is 5.26. The molecule has 140 valence electrons. The molecule has 0 spiro atoms. The van der Waals surface area contributed by atoms with Crippen LogP contribution in [-0.4, -0.2) is 41.6 Å². The van der Waals surface area contributed by atoms with Crippen LogP contribution in [0.25, 0.3) is 10.9 Å². The summed E-state index contributed by atoms with van der Waals surface area (Å²) in [4.78, 5) is 40.2. The summed E-state index contributed by atoms with van der Waals surface area (Å²) in [5.74, 6) is -2.29. The Morgan fingerprint density at radius 1 is 1.15 bits per heavy atom. The van der Waals surface area contributed by atoms with Crippen LogP contribution in [0.4, 0.5) is 5.69 Å². The van der Waals surface area contributed by atoms with Crippen molar-refractivity contribution in [2.24, 2.45) is 0 Å². The maximum Gasteiger partial charge on any atom is 0.344 e. The van der Waals surface area contributed by atoms with Gasteiger partial charge < -0.3 is 25.5 Å². The zero-order chi connectivity index (χ0) is 19.3. The van der Waals surface area contributed by atoms with Crippen LogP contribution in [0.3, 0.4) is 0 Å². The SMILES string of the molecule is CCOC(=O)C(Cc1c[nH]c2ccc(N)cc12)(NC(C)=O)C(=O)OCC. The number of anilines is 1. The van der Waals surface area contributed by atoms with E-state index < -0.39 is 23.4 Å². The molecule has 0 fully saturated rings. The van der Waals surface area contributed by atoms with Gasteiger partial charge in [-0.05, 0) is 37.6 Å². The fourth-order valence-electron chi connectivity index (χ4n) is 2.81. The minimum atomic E-state index is -1.97. The number of H-pyrrole nitrogens is 1. The summed E-state index contributed by atoms with van der Waals surface area (Å²) in [6.07, 6.45) is 1.53. The maximum absolute atomic E-state index is 12.7. The second-order valence-electron chi connectivity index (χ2n) is 5.82. The van der Waals surface area contributed by atoms with E-state index in [1.165, 1.54) is 6.92 Å². The lowest BCUT2D eigenvalue weighted by Gasteiger charge is -2.29. The monoisotopic (exact) mass is 361 g/mol. The second-order valence-corrected chi connectivity index (χ2v) is 5.82. The van der Waals surface area contributed by atoms with E-state index in [1.54, 1.807) is 38.2 Å². The van der Waals surface area contributed by atoms with E-state index in [-0.39, 0.29) is 19.6 Å². The van der Waals surface area contributed by atoms with Crippen LogP contribution < -0.4 is 11.1 Å². The van der Waals surface area contributed by atoms with E-state index in [9.17, 15) is 14.4 Å². The highest BCUT2D eigenvalue weighted by Crippen LogP contribution is 2.26. The van der Waals surface area contributed by atoms with Gasteiger partial charge in [0.05, 0.1) is 13.2 Å². The zero-order valence-corrected chi connectivity index (χ0v) is 15.0. The third-order valence-electron chi connectivity index (χ3n) is 3.88. The molecule has 1 heterocycles. The largest absolute Gasteiger partial charge is 0.464 e. The first-order valence-electron chi connectivity index (χ1n) is 8.32. The molecular weight excluding hydrogens is 338 g/mol. The number of nitrogens with two attached hydrogens (primary N) is 1. The average molecular weight is 361 g/mol. The van der Waals surface area contributed by atoms with Crippen LogP contribution in [0.5, 0.6) is 0 Å². The number of nitrogen functional groups attached to an aromatic ring is 1. The van der Waals surface area contributed by atoms with Crippen LogP contribution in [0, 0.1) is 0 Å². The highest BCUT2D eigenvalue weighted by Gasteiger charge is 2.50. The number of benzene rings is 1. The molecule has 1 amide bonds. The van der Waals surface area contributed by atoms with Crippen molar-refractivity contribution in [1.82, 2.24) is 10.3 Å². The van der Waals surface area contributed by atoms with Crippen molar-refractivity contribution >= 4 is 34.4 Å². The molecule has 0 aliphatic rings. The standard InChI is InChI=1S/C18H23N3O5/c1-4-25-16(23)18(21-11(3)22,17(24)26-5-2)9-12-10-20-15-7-6-13(19)8-14(12)15/h6-8,10,20H,4-5,9,19H2,1-3H3,(H,21,22). The summed E-state index contributed by atoms with van der Waals surface area (Å²) in [6.45, 7) is 4.57. The molecule has 8 nitrogen and oxygen atoms in total. The Labute approximate surface area is 151 Å². The Balaban J connectivity index is 2.56. The number of rotatable bonds is 7. The van der Waals surface area contributed by atoms with Crippen molar-refractivity contribution in [2.45, 2.75) is 32.7 Å². The van der Waals surface area contributed by atoms with Gasteiger partial charge in [-0.25, -0.2) is 9.59 Å². The van der Waals surface area contributed by atoms with Crippen molar-refractivity contribution in [3.63, 3.8) is 0 Å². The molecule has 26 heavy (non-hydrogen) atoms. The number of ether oxygens (including phenoxy) is 2. The Morgan fingerprint density at radius 2 is 1.77 bits per heavy atom. The van der Waals surface area contributed by atoms with Gasteiger partial charge in [0.2, 0.25) is 11.4 Å². The molecule has 0 unspecified atom stereocenters. The lowest BCUT2D eigenvalue weighted by Crippen LogP contribution is -2.62. The molecule has 1 aromatic carbocycles. The maximum atomic E-state index is 12.7. The molecular formula is C18H23N3O5. The lowest BCUT2D eigenvalue weighted by atomic mass is 9.90. The Kier molecular flexibility index (Phi) is 5.86. The van der Waals surface area contributed by atoms with Crippen LogP contribution in [-0.2, 0) is 30.3 Å². The number of nitrogens with one attached hydrogen (secondary N) is 2. The Bertz CT molecular complexity index is 809. The fraction of sp³-hybridized carbons (Fsp3) is 0.389. The number of carbonyl (C=O) groups is 3. The summed E-state index contributed by atoms with van der Waals surface area (Å²) in [5.41, 5.74) is 5.83. The van der Waals surface area contributed by atoms with E-state index >= 15 is 0 Å². The number of hydrogen-bond donors (Lipinski definition) is 3. The third-order valence-corrected chi connectivity index (χ3v) is 3.88. The first-order chi connectivity index (χ1) is 12.3. The highest BCUT2D eigenvalue weighted by molar-refractivity contribution is 6.08. The minimum Gasteiger partial charge on any atom is -0.464 e. The molecule has 0 aliphatic heterocycles. The van der Waals surface area contributed by atoms with Gasteiger partial charge in [0.15, 0.2) is 0 Å². The quantitative estimate of drug-likeness (QED) is 0.388. The normalized spacial score (nSPS) is 11.2. The Morgan fingerprint density at radius 3 is 2.31 bits per heavy atom. The first kappa shape index (κ1) is 19.3. The van der Waals surface area contributed by atoms with Crippen molar-refractivity contribution < 1.29 is 23.9 Å². The molecule has 2 aromatic rings. The van der Waals surface area contributed by atoms with Gasteiger partial charge >= 0.3 is 11.9 Å². The van der Waals surface area contributed by atoms with E-state index in [0.717, 1.165) is 10.9 Å². The van der Waals surface area contributed by atoms with Crippen molar-refractivity contribution in [3.05, 3.63) is 30.0 Å². The van der Waals surface area contributed by atoms with Crippen molar-refractivity contribution in [2.75, 3.05) is 18.9 Å². The molecule has 8 heteroatoms. The van der Waals surface area contributed by atoms with Gasteiger partial charge in [0.1, 0.15) is 0 Å². The summed E-state index contributed by atoms with van der Waals surface area (Å²) in [7, 11) is 0. The lowest BCUT2D eigenvalue weighted by molar-refractivity contribution is -0.167. The number of hydrogen-bond acceptors (Lipinski definition) is 6. The number of amides is 1. The van der Waals surface area contributed by atoms with E-state index in [0.29, 0.717) is 11.3 Å². The summed E-state index contributed by atoms with van der Waals surface area (Å²) in [5, 5.41) is 3.19. The summed E-state index contributed by atoms with van der Waals surface area (Å²) >= 11 is 0. The molecule has 0 bridgehead atoms. The fourth-order valence-corrected chi connectivity index (χ4v) is 2.81. The van der Waals surface area contributed by atoms with Crippen molar-refractivity contribution in [3.8, 4) is 0 Å². The molecule has 1 aromatic heterocycles. The summed E-state index contributed by atoms with van der Waals surface area (Å²) < 4.78 is 10.1. The molecule has 0 atom stereocenters. The van der Waals surface area contributed by atoms with Crippen LogP contribution in [0.2, 0.25) is 0 Å². The number of aromatic nitrogens is 1. The minimum absolute atomic E-state index is 0.0560. The van der Waals surface area contributed by atoms with Gasteiger partial charge in [0.25, 0.3) is 0 Å². The van der Waals surface area contributed by atoms with Gasteiger partial charge in [-0.3, -0.25) is 4.79 Å². The number of esters is 2. The zero-order valence-electron chi connectivity index (χ0n) is 15.0. The molecule has 2 rings (SSSR count). The van der Waals surface area contributed by atoms with Crippen molar-refractivity contribution in [1.29, 1.82) is 0 Å². The number of carbonyl (C=O) groups excluding carboxylic acids is 3. The topological polar surface area (TPSA) is 124 Å². The number of aromatic amines is 1. The molecule has 4 N–H and O–H groups in total. The Hall–Kier alpha value is -3.03. The highest BCUT2D eigenvalue weighted by atomic mass is 16.6. The van der Waals surface area contributed by atoms with Crippen LogP contribution >= 0.6 is 0 Å². The second kappa shape index (κ2) is 7.90. The average Bonchev–Trinajstić information content (AvgIpc) is 2.96. The van der Waals surface area contributed by atoms with E-state index in [2.05, 4.69) is 10.3 Å². The van der Waals surface area contributed by atoms with Crippen LogP contribution in [0.15, 0.2) is 24.4 Å². The molecule has 0 aliphatic carbocycles. The molecule has 0 saturated carbocycles. The predicted octanol–water partition coefficient (Wildman–Crippen LogP) is 1.29. The van der Waals surface area contributed by atoms with Crippen LogP contribution in [0.1, 0.15) is 26.3 Å². The van der Waals surface area contributed by atoms with Gasteiger partial charge in [0, 0.05) is 36.1 Å². The van der Waals surface area contributed by atoms with E-state index in [1.807, 2.05) is 0 Å². The smallest absolute Gasteiger partial charge is 0.344 e. The third kappa shape index (κ3) is 3.79. The molecule has 0 saturated heterocycles.